The van der Waals surface area contributed by atoms with Gasteiger partial charge in [-0.05, 0) is 30.9 Å². The van der Waals surface area contributed by atoms with Crippen LogP contribution in [0, 0.1) is 6.92 Å². The van der Waals surface area contributed by atoms with E-state index < -0.39 is 16.6 Å². The molecule has 0 saturated heterocycles. The third-order valence-electron chi connectivity index (χ3n) is 1.78. The number of rotatable bonds is 1. The Labute approximate surface area is 140 Å². The number of hydrogen-bond donors (Lipinski definition) is 0. The maximum Gasteiger partial charge on any atom is 0.448 e. The standard InChI is InChI=1S/C6H6.C5H5ClS.C3H5NO4S/c1-2-4-6-5-3-1;1-4-2-5(6)7-3-4;1-2-8-3(5)4-9(6)7/h1-6H;2-3H,1H3;2H2,1H3. The summed E-state index contributed by atoms with van der Waals surface area (Å²) in [6.45, 7) is 3.71. The van der Waals surface area contributed by atoms with Gasteiger partial charge >= 0.3 is 16.6 Å². The van der Waals surface area contributed by atoms with E-state index in [1.54, 1.807) is 18.3 Å². The summed E-state index contributed by atoms with van der Waals surface area (Å²) < 4.78 is 26.8. The average molecular weight is 362 g/mol. The van der Waals surface area contributed by atoms with Gasteiger partial charge in [0.25, 0.3) is 0 Å². The number of amides is 1. The van der Waals surface area contributed by atoms with Crippen molar-refractivity contribution in [2.24, 2.45) is 4.36 Å². The lowest BCUT2D eigenvalue weighted by Crippen LogP contribution is -1.95. The van der Waals surface area contributed by atoms with Crippen molar-refractivity contribution in [3.05, 3.63) is 57.7 Å². The largest absolute Gasteiger partial charge is 0.448 e. The summed E-state index contributed by atoms with van der Waals surface area (Å²) in [6.07, 6.45) is -1.08. The van der Waals surface area contributed by atoms with Gasteiger partial charge in [0.15, 0.2) is 0 Å². The van der Waals surface area contributed by atoms with E-state index in [0.29, 0.717) is 0 Å². The zero-order chi connectivity index (χ0) is 16.8. The van der Waals surface area contributed by atoms with Gasteiger partial charge in [-0.3, -0.25) is 0 Å². The highest BCUT2D eigenvalue weighted by atomic mass is 35.5. The Kier molecular flexibility index (Phi) is 12.0. The number of hydrogen-bond acceptors (Lipinski definition) is 5. The Bertz CT molecular complexity index is 618. The van der Waals surface area contributed by atoms with Crippen molar-refractivity contribution < 1.29 is 17.9 Å². The van der Waals surface area contributed by atoms with Gasteiger partial charge in [0.05, 0.1) is 10.9 Å². The highest BCUT2D eigenvalue weighted by Gasteiger charge is 1.94. The fraction of sp³-hybridized carbons (Fsp3) is 0.214. The van der Waals surface area contributed by atoms with E-state index in [-0.39, 0.29) is 6.61 Å². The van der Waals surface area contributed by atoms with Gasteiger partial charge in [-0.2, -0.15) is 8.42 Å². The van der Waals surface area contributed by atoms with Gasteiger partial charge in [-0.1, -0.05) is 52.4 Å². The molecule has 8 heteroatoms. The Balaban J connectivity index is 0.000000306. The summed E-state index contributed by atoms with van der Waals surface area (Å²) >= 11 is 7.15. The first kappa shape index (κ1) is 20.3. The molecule has 0 radical (unpaired) electrons. The molecule has 2 aromatic rings. The third-order valence-corrected chi connectivity index (χ3v) is 3.29. The van der Waals surface area contributed by atoms with E-state index in [9.17, 15) is 13.2 Å². The number of aryl methyl sites for hydroxylation is 1. The summed E-state index contributed by atoms with van der Waals surface area (Å²) in [5, 5.41) is 2.03. The molecule has 0 saturated carbocycles. The van der Waals surface area contributed by atoms with Gasteiger partial charge in [0.2, 0.25) is 0 Å². The van der Waals surface area contributed by atoms with Crippen molar-refractivity contribution in [1.29, 1.82) is 0 Å². The molecule has 0 fully saturated rings. The minimum Gasteiger partial charge on any atom is -0.448 e. The first-order chi connectivity index (χ1) is 10.5. The van der Waals surface area contributed by atoms with Gasteiger partial charge in [-0.25, -0.2) is 4.79 Å². The Morgan fingerprint density at radius 1 is 1.23 bits per heavy atom. The van der Waals surface area contributed by atoms with Crippen LogP contribution in [0.15, 0.2) is 52.2 Å². The molecule has 5 nitrogen and oxygen atoms in total. The van der Waals surface area contributed by atoms with Crippen molar-refractivity contribution >= 4 is 39.5 Å². The molecular weight excluding hydrogens is 346 g/mol. The quantitative estimate of drug-likeness (QED) is 0.743. The van der Waals surface area contributed by atoms with Crippen LogP contribution in [0.3, 0.4) is 0 Å². The highest BCUT2D eigenvalue weighted by Crippen LogP contribution is 2.18. The Hall–Kier alpha value is -1.70. The highest BCUT2D eigenvalue weighted by molar-refractivity contribution is 7.62. The predicted molar refractivity (Wildman–Crippen MR) is 88.9 cm³/mol. The summed E-state index contributed by atoms with van der Waals surface area (Å²) in [4.78, 5) is 10.1. The van der Waals surface area contributed by atoms with Crippen LogP contribution in [0.25, 0.3) is 0 Å². The second-order valence-corrected chi connectivity index (χ2v) is 5.75. The van der Waals surface area contributed by atoms with E-state index in [2.05, 4.69) is 9.10 Å². The molecule has 1 heterocycles. The summed E-state index contributed by atoms with van der Waals surface area (Å²) in [7, 11) is -2.70. The van der Waals surface area contributed by atoms with Crippen LogP contribution < -0.4 is 0 Å². The molecule has 22 heavy (non-hydrogen) atoms. The van der Waals surface area contributed by atoms with E-state index in [4.69, 9.17) is 11.6 Å². The van der Waals surface area contributed by atoms with Gasteiger partial charge in [0, 0.05) is 0 Å². The molecule has 0 spiro atoms. The van der Waals surface area contributed by atoms with Crippen molar-refractivity contribution in [3.63, 3.8) is 0 Å². The molecule has 1 aromatic heterocycles. The van der Waals surface area contributed by atoms with Crippen molar-refractivity contribution in [3.8, 4) is 0 Å². The van der Waals surface area contributed by atoms with Gasteiger partial charge in [0.1, 0.15) is 0 Å². The first-order valence-corrected chi connectivity index (χ1v) is 8.43. The second kappa shape index (κ2) is 13.0. The van der Waals surface area contributed by atoms with Gasteiger partial charge < -0.3 is 4.74 Å². The molecule has 0 N–H and O–H groups in total. The van der Waals surface area contributed by atoms with Crippen LogP contribution in [0.1, 0.15) is 12.5 Å². The number of nitrogens with zero attached hydrogens (tertiary/aromatic N) is 1. The zero-order valence-electron chi connectivity index (χ0n) is 12.1. The monoisotopic (exact) mass is 361 g/mol. The molecular formula is C14H16ClNO4S2. The van der Waals surface area contributed by atoms with Crippen molar-refractivity contribution in [1.82, 2.24) is 0 Å². The normalized spacial score (nSPS) is 8.50. The van der Waals surface area contributed by atoms with Crippen molar-refractivity contribution in [2.45, 2.75) is 13.8 Å². The second-order valence-electron chi connectivity index (χ2n) is 3.59. The molecule has 0 bridgehead atoms. The number of carbonyl (C=O) groups is 1. The summed E-state index contributed by atoms with van der Waals surface area (Å²) in [5.74, 6) is 0. The van der Waals surface area contributed by atoms with Crippen LogP contribution >= 0.6 is 22.9 Å². The molecule has 0 aliphatic carbocycles. The third kappa shape index (κ3) is 13.3. The molecule has 2 rings (SSSR count). The number of carbonyl (C=O) groups excluding carboxylic acids is 1. The lowest BCUT2D eigenvalue weighted by molar-refractivity contribution is 0.164. The number of ether oxygens (including phenoxy) is 1. The predicted octanol–water partition coefficient (Wildman–Crippen LogP) is 4.60. The minimum atomic E-state index is -2.70. The molecule has 1 aromatic carbocycles. The topological polar surface area (TPSA) is 72.8 Å². The number of benzene rings is 1. The zero-order valence-corrected chi connectivity index (χ0v) is 14.5. The van der Waals surface area contributed by atoms with Crippen LogP contribution in [0.5, 0.6) is 0 Å². The van der Waals surface area contributed by atoms with Crippen LogP contribution in [0.4, 0.5) is 4.79 Å². The lowest BCUT2D eigenvalue weighted by Gasteiger charge is -1.88. The Morgan fingerprint density at radius 2 is 1.73 bits per heavy atom. The van der Waals surface area contributed by atoms with Crippen LogP contribution in [-0.2, 0) is 15.2 Å². The first-order valence-electron chi connectivity index (χ1n) is 6.14. The van der Waals surface area contributed by atoms with E-state index >= 15 is 0 Å². The SMILES string of the molecule is CCOC(=O)N=S(=O)=O.Cc1csc(Cl)c1.c1ccccc1. The molecule has 0 aliphatic heterocycles. The molecule has 0 atom stereocenters. The minimum absolute atomic E-state index is 0.125. The molecule has 120 valence electrons. The summed E-state index contributed by atoms with van der Waals surface area (Å²) in [6, 6.07) is 14.0. The maximum atomic E-state index is 10.1. The van der Waals surface area contributed by atoms with Crippen molar-refractivity contribution in [2.75, 3.05) is 6.61 Å². The van der Waals surface area contributed by atoms with Crippen LogP contribution in [-0.4, -0.2) is 21.1 Å². The number of thiophene rings is 1. The smallest absolute Gasteiger partial charge is 0.448 e. The fourth-order valence-corrected chi connectivity index (χ4v) is 2.09. The molecule has 0 unspecified atom stereocenters. The Morgan fingerprint density at radius 3 is 1.95 bits per heavy atom. The van der Waals surface area contributed by atoms with E-state index in [1.807, 2.05) is 54.8 Å². The number of halogens is 1. The summed E-state index contributed by atoms with van der Waals surface area (Å²) in [5.41, 5.74) is 1.25. The molecule has 0 aliphatic rings. The molecule has 1 amide bonds. The fourth-order valence-electron chi connectivity index (χ4n) is 0.992. The maximum absolute atomic E-state index is 10.1. The van der Waals surface area contributed by atoms with E-state index in [1.165, 1.54) is 5.56 Å². The lowest BCUT2D eigenvalue weighted by atomic mass is 10.4. The van der Waals surface area contributed by atoms with Crippen LogP contribution in [0.2, 0.25) is 4.34 Å². The van der Waals surface area contributed by atoms with Gasteiger partial charge in [-0.15, -0.1) is 11.3 Å². The average Bonchev–Trinajstić information content (AvgIpc) is 2.85. The van der Waals surface area contributed by atoms with E-state index in [0.717, 1.165) is 4.34 Å².